The lowest BCUT2D eigenvalue weighted by Crippen LogP contribution is -2.30. The molecule has 0 aliphatic carbocycles. The molecule has 0 saturated carbocycles. The van der Waals surface area contributed by atoms with Crippen LogP contribution in [0.5, 0.6) is 5.75 Å². The van der Waals surface area contributed by atoms with Gasteiger partial charge in [0.2, 0.25) is 5.91 Å². The van der Waals surface area contributed by atoms with Crippen molar-refractivity contribution in [2.24, 2.45) is 0 Å². The van der Waals surface area contributed by atoms with Gasteiger partial charge in [-0.15, -0.1) is 0 Å². The molecule has 1 heterocycles. The van der Waals surface area contributed by atoms with Crippen LogP contribution >= 0.6 is 0 Å². The van der Waals surface area contributed by atoms with E-state index in [1.807, 2.05) is 66.7 Å². The first-order chi connectivity index (χ1) is 12.3. The Morgan fingerprint density at radius 1 is 0.960 bits per heavy atom. The molecule has 1 amide bonds. The molecule has 0 fully saturated rings. The largest absolute Gasteiger partial charge is 0.497 e. The summed E-state index contributed by atoms with van der Waals surface area (Å²) in [4.78, 5) is 16.6. The summed E-state index contributed by atoms with van der Waals surface area (Å²) >= 11 is 0. The normalized spacial score (nSPS) is 11.6. The number of ether oxygens (including phenoxy) is 1. The van der Waals surface area contributed by atoms with E-state index in [0.717, 1.165) is 22.4 Å². The zero-order valence-electron chi connectivity index (χ0n) is 14.1. The smallest absolute Gasteiger partial charge is 0.225 e. The standard InChI is InChI=1S/C21H20N2O2/c1-25-19-9-7-16(8-10-19)15-20(24)23-21(17-5-3-2-4-6-17)18-11-13-22-14-12-18/h2-14,21H,15H2,1H3,(H,23,24). The minimum absolute atomic E-state index is 0.0316. The Morgan fingerprint density at radius 2 is 1.60 bits per heavy atom. The van der Waals surface area contributed by atoms with Gasteiger partial charge in [-0.2, -0.15) is 0 Å². The van der Waals surface area contributed by atoms with Gasteiger partial charge in [-0.3, -0.25) is 9.78 Å². The van der Waals surface area contributed by atoms with Gasteiger partial charge in [0.15, 0.2) is 0 Å². The van der Waals surface area contributed by atoms with Crippen LogP contribution in [0.15, 0.2) is 79.1 Å². The van der Waals surface area contributed by atoms with Crippen LogP contribution in [-0.4, -0.2) is 18.0 Å². The van der Waals surface area contributed by atoms with Crippen LogP contribution < -0.4 is 10.1 Å². The number of pyridine rings is 1. The van der Waals surface area contributed by atoms with Crippen LogP contribution in [0.4, 0.5) is 0 Å². The number of nitrogens with one attached hydrogen (secondary N) is 1. The van der Waals surface area contributed by atoms with Gasteiger partial charge in [-0.1, -0.05) is 42.5 Å². The van der Waals surface area contributed by atoms with Gasteiger partial charge in [0.25, 0.3) is 0 Å². The van der Waals surface area contributed by atoms with Crippen molar-refractivity contribution in [1.29, 1.82) is 0 Å². The maximum Gasteiger partial charge on any atom is 0.225 e. The summed E-state index contributed by atoms with van der Waals surface area (Å²) in [5.41, 5.74) is 2.99. The summed E-state index contributed by atoms with van der Waals surface area (Å²) in [6.07, 6.45) is 3.79. The lowest BCUT2D eigenvalue weighted by atomic mass is 9.99. The fourth-order valence-electron chi connectivity index (χ4n) is 2.70. The van der Waals surface area contributed by atoms with Gasteiger partial charge >= 0.3 is 0 Å². The third-order valence-electron chi connectivity index (χ3n) is 4.00. The monoisotopic (exact) mass is 332 g/mol. The minimum Gasteiger partial charge on any atom is -0.497 e. The van der Waals surface area contributed by atoms with Crippen molar-refractivity contribution >= 4 is 5.91 Å². The number of aromatic nitrogens is 1. The molecule has 0 spiro atoms. The number of nitrogens with zero attached hydrogens (tertiary/aromatic N) is 1. The number of amides is 1. The second-order valence-electron chi connectivity index (χ2n) is 5.72. The van der Waals surface area contributed by atoms with E-state index >= 15 is 0 Å². The van der Waals surface area contributed by atoms with Gasteiger partial charge in [-0.25, -0.2) is 0 Å². The number of hydrogen-bond acceptors (Lipinski definition) is 3. The van der Waals surface area contributed by atoms with Crippen molar-refractivity contribution < 1.29 is 9.53 Å². The highest BCUT2D eigenvalue weighted by atomic mass is 16.5. The molecule has 126 valence electrons. The first-order valence-electron chi connectivity index (χ1n) is 8.13. The van der Waals surface area contributed by atoms with Crippen molar-refractivity contribution in [3.63, 3.8) is 0 Å². The summed E-state index contributed by atoms with van der Waals surface area (Å²) in [5.74, 6) is 0.749. The molecule has 1 atom stereocenters. The molecule has 0 aliphatic heterocycles. The summed E-state index contributed by atoms with van der Waals surface area (Å²) < 4.78 is 5.15. The highest BCUT2D eigenvalue weighted by molar-refractivity contribution is 5.79. The van der Waals surface area contributed by atoms with E-state index in [0.29, 0.717) is 6.42 Å². The van der Waals surface area contributed by atoms with Crippen molar-refractivity contribution in [2.75, 3.05) is 7.11 Å². The van der Waals surface area contributed by atoms with Gasteiger partial charge in [-0.05, 0) is 41.0 Å². The number of carbonyl (C=O) groups is 1. The first-order valence-corrected chi connectivity index (χ1v) is 8.13. The third kappa shape index (κ3) is 4.44. The maximum absolute atomic E-state index is 12.6. The van der Waals surface area contributed by atoms with Crippen molar-refractivity contribution in [3.05, 3.63) is 95.8 Å². The van der Waals surface area contributed by atoms with Crippen molar-refractivity contribution in [2.45, 2.75) is 12.5 Å². The minimum atomic E-state index is -0.199. The predicted octanol–water partition coefficient (Wildman–Crippen LogP) is 3.54. The average Bonchev–Trinajstić information content (AvgIpc) is 2.68. The second-order valence-corrected chi connectivity index (χ2v) is 5.72. The van der Waals surface area contributed by atoms with E-state index in [1.54, 1.807) is 19.5 Å². The Hall–Kier alpha value is -3.14. The summed E-state index contributed by atoms with van der Waals surface area (Å²) in [7, 11) is 1.63. The van der Waals surface area contributed by atoms with Crippen LogP contribution in [0.3, 0.4) is 0 Å². The number of rotatable bonds is 6. The maximum atomic E-state index is 12.6. The molecule has 4 heteroatoms. The van der Waals surface area contributed by atoms with E-state index in [4.69, 9.17) is 4.74 Å². The third-order valence-corrected chi connectivity index (χ3v) is 4.00. The summed E-state index contributed by atoms with van der Waals surface area (Å²) in [6.45, 7) is 0. The topological polar surface area (TPSA) is 51.2 Å². The van der Waals surface area contributed by atoms with Gasteiger partial charge in [0.05, 0.1) is 19.6 Å². The molecule has 2 aromatic carbocycles. The molecule has 4 nitrogen and oxygen atoms in total. The highest BCUT2D eigenvalue weighted by Crippen LogP contribution is 2.21. The van der Waals surface area contributed by atoms with Gasteiger partial charge in [0.1, 0.15) is 5.75 Å². The Bertz CT molecular complexity index is 763. The van der Waals surface area contributed by atoms with E-state index in [2.05, 4.69) is 10.3 Å². The van der Waals surface area contributed by atoms with E-state index in [9.17, 15) is 4.79 Å². The molecule has 0 aliphatic rings. The zero-order valence-corrected chi connectivity index (χ0v) is 14.1. The number of carbonyl (C=O) groups excluding carboxylic acids is 1. The van der Waals surface area contributed by atoms with Crippen LogP contribution in [-0.2, 0) is 11.2 Å². The Morgan fingerprint density at radius 3 is 2.24 bits per heavy atom. The van der Waals surface area contributed by atoms with Gasteiger partial charge in [0, 0.05) is 12.4 Å². The molecule has 1 unspecified atom stereocenters. The fourth-order valence-corrected chi connectivity index (χ4v) is 2.70. The highest BCUT2D eigenvalue weighted by Gasteiger charge is 2.16. The fraction of sp³-hybridized carbons (Fsp3) is 0.143. The lowest BCUT2D eigenvalue weighted by Gasteiger charge is -2.20. The van der Waals surface area contributed by atoms with Gasteiger partial charge < -0.3 is 10.1 Å². The number of hydrogen-bond donors (Lipinski definition) is 1. The van der Waals surface area contributed by atoms with Crippen molar-refractivity contribution in [1.82, 2.24) is 10.3 Å². The Balaban J connectivity index is 1.76. The number of methoxy groups -OCH3 is 1. The van der Waals surface area contributed by atoms with Crippen LogP contribution in [0.1, 0.15) is 22.7 Å². The SMILES string of the molecule is COc1ccc(CC(=O)NC(c2ccccc2)c2ccncc2)cc1. The molecule has 3 aromatic rings. The van der Waals surface area contributed by atoms with Crippen molar-refractivity contribution in [3.8, 4) is 5.75 Å². The summed E-state index contributed by atoms with van der Waals surface area (Å²) in [5, 5.41) is 3.13. The Labute approximate surface area is 147 Å². The molecule has 0 bridgehead atoms. The Kier molecular flexibility index (Phi) is 5.42. The van der Waals surface area contributed by atoms with Crippen LogP contribution in [0.2, 0.25) is 0 Å². The quantitative estimate of drug-likeness (QED) is 0.751. The van der Waals surface area contributed by atoms with Crippen LogP contribution in [0, 0.1) is 0 Å². The second kappa shape index (κ2) is 8.11. The van der Waals surface area contributed by atoms with E-state index in [1.165, 1.54) is 0 Å². The molecular formula is C21H20N2O2. The summed E-state index contributed by atoms with van der Waals surface area (Å²) in [6, 6.07) is 21.1. The molecule has 1 aromatic heterocycles. The molecule has 25 heavy (non-hydrogen) atoms. The lowest BCUT2D eigenvalue weighted by molar-refractivity contribution is -0.120. The molecule has 1 N–H and O–H groups in total. The molecule has 0 saturated heterocycles. The molecule has 0 radical (unpaired) electrons. The zero-order chi connectivity index (χ0) is 17.5. The molecule has 3 rings (SSSR count). The average molecular weight is 332 g/mol. The predicted molar refractivity (Wildman–Crippen MR) is 97.4 cm³/mol. The van der Waals surface area contributed by atoms with E-state index in [-0.39, 0.29) is 11.9 Å². The van der Waals surface area contributed by atoms with Crippen LogP contribution in [0.25, 0.3) is 0 Å². The first kappa shape index (κ1) is 16.7. The molecular weight excluding hydrogens is 312 g/mol. The number of benzene rings is 2. The van der Waals surface area contributed by atoms with E-state index < -0.39 is 0 Å².